The zero-order valence-corrected chi connectivity index (χ0v) is 11.8. The highest BCUT2D eigenvalue weighted by Crippen LogP contribution is 2.18. The van der Waals surface area contributed by atoms with Crippen LogP contribution in [0.15, 0.2) is 18.2 Å². The van der Waals surface area contributed by atoms with E-state index >= 15 is 0 Å². The van der Waals surface area contributed by atoms with Crippen LogP contribution in [0.2, 0.25) is 0 Å². The normalized spacial score (nSPS) is 9.86. The van der Waals surface area contributed by atoms with E-state index in [-0.39, 0.29) is 30.7 Å². The van der Waals surface area contributed by atoms with Crippen LogP contribution in [0.3, 0.4) is 0 Å². The van der Waals surface area contributed by atoms with Crippen LogP contribution in [-0.4, -0.2) is 31.6 Å². The molecule has 0 aliphatic carbocycles. The molecule has 0 spiro atoms. The van der Waals surface area contributed by atoms with E-state index in [2.05, 4.69) is 10.1 Å². The molecule has 21 heavy (non-hydrogen) atoms. The SMILES string of the molecule is CCOC(=O)CCC(=O)Nc1ccc(F)cc1C(=O)OC. The van der Waals surface area contributed by atoms with Crippen molar-refractivity contribution in [2.45, 2.75) is 19.8 Å². The number of esters is 2. The van der Waals surface area contributed by atoms with Gasteiger partial charge in [-0.2, -0.15) is 0 Å². The summed E-state index contributed by atoms with van der Waals surface area (Å²) in [7, 11) is 1.15. The molecule has 0 unspecified atom stereocenters. The van der Waals surface area contributed by atoms with Crippen LogP contribution in [0.25, 0.3) is 0 Å². The number of halogens is 1. The van der Waals surface area contributed by atoms with Gasteiger partial charge < -0.3 is 14.8 Å². The first-order valence-electron chi connectivity index (χ1n) is 6.31. The number of benzene rings is 1. The Kier molecular flexibility index (Phi) is 6.32. The van der Waals surface area contributed by atoms with Crippen molar-refractivity contribution >= 4 is 23.5 Å². The first-order valence-corrected chi connectivity index (χ1v) is 6.31. The van der Waals surface area contributed by atoms with Crippen molar-refractivity contribution in [2.24, 2.45) is 0 Å². The summed E-state index contributed by atoms with van der Waals surface area (Å²) in [5, 5.41) is 2.44. The summed E-state index contributed by atoms with van der Waals surface area (Å²) in [6.07, 6.45) is -0.175. The van der Waals surface area contributed by atoms with Crippen molar-refractivity contribution in [3.8, 4) is 0 Å². The lowest BCUT2D eigenvalue weighted by molar-refractivity contribution is -0.144. The molecule has 1 rings (SSSR count). The van der Waals surface area contributed by atoms with Gasteiger partial charge in [0, 0.05) is 6.42 Å². The third-order valence-electron chi connectivity index (χ3n) is 2.52. The van der Waals surface area contributed by atoms with Gasteiger partial charge in [-0.15, -0.1) is 0 Å². The van der Waals surface area contributed by atoms with Gasteiger partial charge in [0.15, 0.2) is 0 Å². The molecule has 114 valence electrons. The lowest BCUT2D eigenvalue weighted by Gasteiger charge is -2.09. The van der Waals surface area contributed by atoms with Gasteiger partial charge in [-0.3, -0.25) is 9.59 Å². The number of carbonyl (C=O) groups excluding carboxylic acids is 3. The molecule has 1 aromatic carbocycles. The highest BCUT2D eigenvalue weighted by atomic mass is 19.1. The molecule has 1 N–H and O–H groups in total. The Labute approximate surface area is 121 Å². The Morgan fingerprint density at radius 1 is 1.24 bits per heavy atom. The first-order chi connectivity index (χ1) is 9.97. The number of rotatable bonds is 6. The average molecular weight is 297 g/mol. The quantitative estimate of drug-likeness (QED) is 0.811. The Morgan fingerprint density at radius 3 is 2.57 bits per heavy atom. The summed E-state index contributed by atoms with van der Waals surface area (Å²) >= 11 is 0. The van der Waals surface area contributed by atoms with Crippen LogP contribution >= 0.6 is 0 Å². The van der Waals surface area contributed by atoms with Gasteiger partial charge in [0.1, 0.15) is 5.82 Å². The fraction of sp³-hybridized carbons (Fsp3) is 0.357. The standard InChI is InChI=1S/C14H16FNO5/c1-3-21-13(18)7-6-12(17)16-11-5-4-9(15)8-10(11)14(19)20-2/h4-5,8H,3,6-7H2,1-2H3,(H,16,17). The molecule has 0 saturated heterocycles. The van der Waals surface area contributed by atoms with Crippen molar-refractivity contribution < 1.29 is 28.2 Å². The number of amides is 1. The summed E-state index contributed by atoms with van der Waals surface area (Å²) in [5.74, 6) is -2.37. The Hall–Kier alpha value is -2.44. The average Bonchev–Trinajstić information content (AvgIpc) is 2.46. The van der Waals surface area contributed by atoms with Gasteiger partial charge in [0.2, 0.25) is 5.91 Å². The van der Waals surface area contributed by atoms with Crippen LogP contribution < -0.4 is 5.32 Å². The molecule has 0 aliphatic rings. The monoisotopic (exact) mass is 297 g/mol. The molecule has 0 saturated carbocycles. The molecule has 0 fully saturated rings. The second-order valence-electron chi connectivity index (χ2n) is 4.03. The number of carbonyl (C=O) groups is 3. The van der Waals surface area contributed by atoms with Crippen LogP contribution in [0.4, 0.5) is 10.1 Å². The maximum absolute atomic E-state index is 13.1. The second-order valence-corrected chi connectivity index (χ2v) is 4.03. The van der Waals surface area contributed by atoms with Gasteiger partial charge in [-0.25, -0.2) is 9.18 Å². The van der Waals surface area contributed by atoms with E-state index in [9.17, 15) is 18.8 Å². The molecule has 0 heterocycles. The van der Waals surface area contributed by atoms with Gasteiger partial charge in [-0.1, -0.05) is 0 Å². The van der Waals surface area contributed by atoms with Crippen LogP contribution in [0.5, 0.6) is 0 Å². The summed E-state index contributed by atoms with van der Waals surface area (Å²) in [6, 6.07) is 3.32. The summed E-state index contributed by atoms with van der Waals surface area (Å²) in [6.45, 7) is 1.91. The Bertz CT molecular complexity index is 544. The van der Waals surface area contributed by atoms with E-state index in [1.807, 2.05) is 0 Å². The molecule has 0 aromatic heterocycles. The maximum atomic E-state index is 13.1. The van der Waals surface area contributed by atoms with Crippen molar-refractivity contribution in [1.82, 2.24) is 0 Å². The molecular formula is C14H16FNO5. The lowest BCUT2D eigenvalue weighted by atomic mass is 10.1. The van der Waals surface area contributed by atoms with E-state index in [1.54, 1.807) is 6.92 Å². The number of ether oxygens (including phenoxy) is 2. The molecule has 0 bridgehead atoms. The van der Waals surface area contributed by atoms with E-state index in [4.69, 9.17) is 4.74 Å². The molecule has 0 atom stereocenters. The number of hydrogen-bond donors (Lipinski definition) is 1. The topological polar surface area (TPSA) is 81.7 Å². The third-order valence-corrected chi connectivity index (χ3v) is 2.52. The van der Waals surface area contributed by atoms with E-state index < -0.39 is 23.7 Å². The van der Waals surface area contributed by atoms with Gasteiger partial charge in [0.25, 0.3) is 0 Å². The molecular weight excluding hydrogens is 281 g/mol. The zero-order chi connectivity index (χ0) is 15.8. The van der Waals surface area contributed by atoms with Gasteiger partial charge in [-0.05, 0) is 25.1 Å². The Balaban J connectivity index is 2.72. The molecule has 1 aromatic rings. The minimum absolute atomic E-state index is 0.0750. The molecule has 7 heteroatoms. The predicted octanol–water partition coefficient (Wildman–Crippen LogP) is 1.89. The van der Waals surface area contributed by atoms with E-state index in [1.165, 1.54) is 6.07 Å². The second kappa shape index (κ2) is 7.98. The van der Waals surface area contributed by atoms with Crippen molar-refractivity contribution in [3.05, 3.63) is 29.6 Å². The van der Waals surface area contributed by atoms with Gasteiger partial charge >= 0.3 is 11.9 Å². The smallest absolute Gasteiger partial charge is 0.340 e. The summed E-state index contributed by atoms with van der Waals surface area (Å²) in [5.41, 5.74) is 0.0269. The highest BCUT2D eigenvalue weighted by molar-refractivity contribution is 6.01. The molecule has 1 amide bonds. The summed E-state index contributed by atoms with van der Waals surface area (Å²) < 4.78 is 22.3. The number of methoxy groups -OCH3 is 1. The van der Waals surface area contributed by atoms with Crippen molar-refractivity contribution in [3.63, 3.8) is 0 Å². The predicted molar refractivity (Wildman–Crippen MR) is 72.2 cm³/mol. The van der Waals surface area contributed by atoms with Crippen LogP contribution in [-0.2, 0) is 19.1 Å². The number of anilines is 1. The first kappa shape index (κ1) is 16.6. The minimum atomic E-state index is -0.768. The van der Waals surface area contributed by atoms with E-state index in [0.29, 0.717) is 0 Å². The van der Waals surface area contributed by atoms with Gasteiger partial charge in [0.05, 0.1) is 31.4 Å². The summed E-state index contributed by atoms with van der Waals surface area (Å²) in [4.78, 5) is 34.3. The molecule has 0 aliphatic heterocycles. The lowest BCUT2D eigenvalue weighted by Crippen LogP contribution is -2.17. The Morgan fingerprint density at radius 2 is 1.95 bits per heavy atom. The number of nitrogens with one attached hydrogen (secondary N) is 1. The number of hydrogen-bond acceptors (Lipinski definition) is 5. The highest BCUT2D eigenvalue weighted by Gasteiger charge is 2.15. The van der Waals surface area contributed by atoms with Crippen LogP contribution in [0.1, 0.15) is 30.1 Å². The van der Waals surface area contributed by atoms with Crippen molar-refractivity contribution in [1.29, 1.82) is 0 Å². The fourth-order valence-corrected chi connectivity index (χ4v) is 1.57. The van der Waals surface area contributed by atoms with Crippen molar-refractivity contribution in [2.75, 3.05) is 19.0 Å². The molecule has 0 radical (unpaired) electrons. The zero-order valence-electron chi connectivity index (χ0n) is 11.8. The third kappa shape index (κ3) is 5.21. The van der Waals surface area contributed by atoms with E-state index in [0.717, 1.165) is 19.2 Å². The van der Waals surface area contributed by atoms with Crippen LogP contribution in [0, 0.1) is 5.82 Å². The minimum Gasteiger partial charge on any atom is -0.466 e. The maximum Gasteiger partial charge on any atom is 0.340 e. The molecule has 6 nitrogen and oxygen atoms in total. The fourth-order valence-electron chi connectivity index (χ4n) is 1.57. The largest absolute Gasteiger partial charge is 0.466 e.